The molecule has 2 aromatic rings. The Morgan fingerprint density at radius 2 is 2.13 bits per heavy atom. The van der Waals surface area contributed by atoms with E-state index in [1.807, 2.05) is 6.07 Å². The molecule has 0 fully saturated rings. The minimum Gasteiger partial charge on any atom is -0.383 e. The summed E-state index contributed by atoms with van der Waals surface area (Å²) in [6, 6.07) is 5.05. The van der Waals surface area contributed by atoms with E-state index < -0.39 is 0 Å². The molecule has 0 amide bonds. The maximum atomic E-state index is 13.3. The highest BCUT2D eigenvalue weighted by molar-refractivity contribution is 5.73. The van der Waals surface area contributed by atoms with Gasteiger partial charge in [-0.1, -0.05) is 12.1 Å². The quantitative estimate of drug-likeness (QED) is 0.774. The van der Waals surface area contributed by atoms with Crippen LogP contribution in [0.4, 0.5) is 10.2 Å². The zero-order valence-electron chi connectivity index (χ0n) is 8.66. The number of nitrogens with two attached hydrogens (primary N) is 1. The molecule has 1 aromatic heterocycles. The second-order valence-corrected chi connectivity index (χ2v) is 3.53. The lowest BCUT2D eigenvalue weighted by Crippen LogP contribution is -1.98. The zero-order chi connectivity index (χ0) is 11.0. The van der Waals surface area contributed by atoms with Crippen molar-refractivity contribution in [3.8, 4) is 11.1 Å². The summed E-state index contributed by atoms with van der Waals surface area (Å²) in [6.07, 6.45) is 1.64. The van der Waals surface area contributed by atoms with Crippen LogP contribution in [0.3, 0.4) is 0 Å². The van der Waals surface area contributed by atoms with Gasteiger partial charge in [0.15, 0.2) is 0 Å². The maximum Gasteiger partial charge on any atom is 0.129 e. The number of aromatic nitrogens is 2. The van der Waals surface area contributed by atoms with Gasteiger partial charge in [0.2, 0.25) is 0 Å². The lowest BCUT2D eigenvalue weighted by atomic mass is 10.1. The average Bonchev–Trinajstić information content (AvgIpc) is 2.53. The van der Waals surface area contributed by atoms with Crippen LogP contribution >= 0.6 is 0 Å². The Balaban J connectivity index is 2.55. The first-order valence-corrected chi connectivity index (χ1v) is 4.63. The summed E-state index contributed by atoms with van der Waals surface area (Å²) >= 11 is 0. The van der Waals surface area contributed by atoms with Gasteiger partial charge in [-0.25, -0.2) is 4.39 Å². The average molecular weight is 205 g/mol. The Hall–Kier alpha value is -1.84. The van der Waals surface area contributed by atoms with Crippen molar-refractivity contribution in [1.29, 1.82) is 0 Å². The summed E-state index contributed by atoms with van der Waals surface area (Å²) in [5.41, 5.74) is 7.94. The second kappa shape index (κ2) is 3.38. The normalized spacial score (nSPS) is 10.6. The predicted octanol–water partition coefficient (Wildman–Crippen LogP) is 2.12. The highest BCUT2D eigenvalue weighted by Crippen LogP contribution is 2.26. The van der Waals surface area contributed by atoms with Crippen LogP contribution in [0, 0.1) is 12.7 Å². The number of hydrogen-bond acceptors (Lipinski definition) is 2. The summed E-state index contributed by atoms with van der Waals surface area (Å²) in [4.78, 5) is 0. The first kappa shape index (κ1) is 9.71. The molecule has 0 unspecified atom stereocenters. The van der Waals surface area contributed by atoms with Gasteiger partial charge in [-0.15, -0.1) is 0 Å². The molecule has 0 atom stereocenters. The third-order valence-corrected chi connectivity index (χ3v) is 2.47. The summed E-state index contributed by atoms with van der Waals surface area (Å²) < 4.78 is 14.9. The Morgan fingerprint density at radius 3 is 2.67 bits per heavy atom. The van der Waals surface area contributed by atoms with E-state index in [9.17, 15) is 4.39 Å². The molecular weight excluding hydrogens is 193 g/mol. The number of anilines is 1. The molecule has 0 bridgehead atoms. The fraction of sp³-hybridized carbons (Fsp3) is 0.182. The molecule has 15 heavy (non-hydrogen) atoms. The minimum absolute atomic E-state index is 0.226. The van der Waals surface area contributed by atoms with Gasteiger partial charge >= 0.3 is 0 Å². The lowest BCUT2D eigenvalue weighted by molar-refractivity contribution is 0.619. The fourth-order valence-corrected chi connectivity index (χ4v) is 1.43. The molecule has 0 spiro atoms. The first-order chi connectivity index (χ1) is 7.09. The molecule has 1 heterocycles. The molecular formula is C11H12FN3. The number of hydrogen-bond donors (Lipinski definition) is 1. The van der Waals surface area contributed by atoms with E-state index in [1.54, 1.807) is 30.9 Å². The van der Waals surface area contributed by atoms with E-state index in [0.29, 0.717) is 11.4 Å². The van der Waals surface area contributed by atoms with Gasteiger partial charge in [0.25, 0.3) is 0 Å². The van der Waals surface area contributed by atoms with Crippen molar-refractivity contribution in [3.63, 3.8) is 0 Å². The lowest BCUT2D eigenvalue weighted by Gasteiger charge is -2.02. The smallest absolute Gasteiger partial charge is 0.129 e. The van der Waals surface area contributed by atoms with Gasteiger partial charge in [-0.2, -0.15) is 5.10 Å². The Morgan fingerprint density at radius 1 is 1.40 bits per heavy atom. The van der Waals surface area contributed by atoms with Crippen molar-refractivity contribution < 1.29 is 4.39 Å². The highest BCUT2D eigenvalue weighted by atomic mass is 19.1. The molecule has 2 rings (SSSR count). The second-order valence-electron chi connectivity index (χ2n) is 3.53. The Bertz CT molecular complexity index is 503. The van der Waals surface area contributed by atoms with Crippen LogP contribution in [0.5, 0.6) is 0 Å². The van der Waals surface area contributed by atoms with Gasteiger partial charge in [0, 0.05) is 12.6 Å². The number of rotatable bonds is 1. The summed E-state index contributed by atoms with van der Waals surface area (Å²) in [5, 5.41) is 4.01. The minimum atomic E-state index is -0.226. The van der Waals surface area contributed by atoms with Crippen LogP contribution in [0.2, 0.25) is 0 Å². The third kappa shape index (κ3) is 1.58. The molecule has 0 aliphatic heterocycles. The van der Waals surface area contributed by atoms with E-state index >= 15 is 0 Å². The predicted molar refractivity (Wildman–Crippen MR) is 57.8 cm³/mol. The molecule has 0 saturated heterocycles. The fourth-order valence-electron chi connectivity index (χ4n) is 1.43. The van der Waals surface area contributed by atoms with Crippen LogP contribution in [-0.2, 0) is 7.05 Å². The zero-order valence-corrected chi connectivity index (χ0v) is 8.66. The molecule has 0 aliphatic carbocycles. The van der Waals surface area contributed by atoms with Crippen molar-refractivity contribution in [2.45, 2.75) is 6.92 Å². The maximum absolute atomic E-state index is 13.3. The van der Waals surface area contributed by atoms with E-state index in [1.165, 1.54) is 6.07 Å². The van der Waals surface area contributed by atoms with Crippen molar-refractivity contribution in [3.05, 3.63) is 35.8 Å². The van der Waals surface area contributed by atoms with Crippen molar-refractivity contribution in [2.24, 2.45) is 7.05 Å². The molecule has 3 nitrogen and oxygen atoms in total. The van der Waals surface area contributed by atoms with Gasteiger partial charge in [-0.05, 0) is 24.1 Å². The molecule has 78 valence electrons. The van der Waals surface area contributed by atoms with E-state index in [2.05, 4.69) is 5.10 Å². The summed E-state index contributed by atoms with van der Waals surface area (Å²) in [6.45, 7) is 1.73. The topological polar surface area (TPSA) is 43.8 Å². The number of nitrogen functional groups attached to an aromatic ring is 1. The monoisotopic (exact) mass is 205 g/mol. The van der Waals surface area contributed by atoms with Gasteiger partial charge in [-0.3, -0.25) is 4.68 Å². The number of nitrogens with zero attached hydrogens (tertiary/aromatic N) is 2. The van der Waals surface area contributed by atoms with E-state index in [4.69, 9.17) is 5.73 Å². The van der Waals surface area contributed by atoms with E-state index in [0.717, 1.165) is 11.1 Å². The highest BCUT2D eigenvalue weighted by Gasteiger charge is 2.08. The number of benzene rings is 1. The third-order valence-electron chi connectivity index (χ3n) is 2.47. The first-order valence-electron chi connectivity index (χ1n) is 4.63. The molecule has 0 saturated carbocycles. The standard InChI is InChI=1S/C11H12FN3/c1-7-3-4-8(5-10(7)12)9-6-14-15(2)11(9)13/h3-6H,13H2,1-2H3. The van der Waals surface area contributed by atoms with Crippen LogP contribution in [0.1, 0.15) is 5.56 Å². The molecule has 4 heteroatoms. The van der Waals surface area contributed by atoms with Crippen LogP contribution in [0.25, 0.3) is 11.1 Å². The Kier molecular flexibility index (Phi) is 2.19. The van der Waals surface area contributed by atoms with Gasteiger partial charge < -0.3 is 5.73 Å². The SMILES string of the molecule is Cc1ccc(-c2cnn(C)c2N)cc1F. The molecule has 0 aliphatic rings. The van der Waals surface area contributed by atoms with E-state index in [-0.39, 0.29) is 5.82 Å². The Labute approximate surface area is 87.3 Å². The van der Waals surface area contributed by atoms with Gasteiger partial charge in [0.05, 0.1) is 6.20 Å². The molecule has 1 aromatic carbocycles. The van der Waals surface area contributed by atoms with Crippen LogP contribution in [0.15, 0.2) is 24.4 Å². The van der Waals surface area contributed by atoms with Crippen LogP contribution < -0.4 is 5.73 Å². The summed E-state index contributed by atoms with van der Waals surface area (Å²) in [5.74, 6) is 0.314. The van der Waals surface area contributed by atoms with Crippen LogP contribution in [-0.4, -0.2) is 9.78 Å². The van der Waals surface area contributed by atoms with Crippen molar-refractivity contribution in [1.82, 2.24) is 9.78 Å². The number of aryl methyl sites for hydroxylation is 2. The summed E-state index contributed by atoms with van der Waals surface area (Å²) in [7, 11) is 1.75. The number of halogens is 1. The molecule has 0 radical (unpaired) electrons. The van der Waals surface area contributed by atoms with Gasteiger partial charge in [0.1, 0.15) is 11.6 Å². The molecule has 2 N–H and O–H groups in total. The van der Waals surface area contributed by atoms with Crippen molar-refractivity contribution in [2.75, 3.05) is 5.73 Å². The van der Waals surface area contributed by atoms with Crippen molar-refractivity contribution >= 4 is 5.82 Å². The largest absolute Gasteiger partial charge is 0.383 e.